The lowest BCUT2D eigenvalue weighted by Gasteiger charge is -2.10. The number of para-hydroxylation sites is 1. The Kier molecular flexibility index (Phi) is 5.35. The molecule has 1 N–H and O–H groups in total. The Balaban J connectivity index is 3.05. The quantitative estimate of drug-likeness (QED) is 0.366. The molecule has 6 heteroatoms. The Morgan fingerprint density at radius 3 is 2.89 bits per heavy atom. The number of terminal acetylenes is 1. The van der Waals surface area contributed by atoms with Gasteiger partial charge >= 0.3 is 5.69 Å². The van der Waals surface area contributed by atoms with Crippen LogP contribution in [0.5, 0.6) is 5.75 Å². The molecular formula is C13H14N2O4. The number of carbonyl (C=O) groups is 1. The third kappa shape index (κ3) is 3.71. The number of nitro groups is 1. The number of ether oxygens (including phenoxy) is 1. The fourth-order valence-electron chi connectivity index (χ4n) is 1.49. The summed E-state index contributed by atoms with van der Waals surface area (Å²) in [6.45, 7) is 2.23. The molecule has 1 aromatic rings. The molecule has 0 atom stereocenters. The predicted molar refractivity (Wildman–Crippen MR) is 70.0 cm³/mol. The molecule has 100 valence electrons. The first-order valence-corrected chi connectivity index (χ1v) is 5.73. The zero-order valence-electron chi connectivity index (χ0n) is 10.5. The second-order valence-electron chi connectivity index (χ2n) is 3.55. The normalized spacial score (nSPS) is 9.47. The molecule has 1 aromatic carbocycles. The van der Waals surface area contributed by atoms with E-state index < -0.39 is 10.8 Å². The van der Waals surface area contributed by atoms with Gasteiger partial charge in [0.25, 0.3) is 5.91 Å². The summed E-state index contributed by atoms with van der Waals surface area (Å²) in [5.41, 5.74) is -0.0977. The molecule has 0 aliphatic rings. The van der Waals surface area contributed by atoms with E-state index in [1.807, 2.05) is 0 Å². The topological polar surface area (TPSA) is 81.5 Å². The van der Waals surface area contributed by atoms with Gasteiger partial charge in [-0.05, 0) is 13.0 Å². The number of amides is 1. The number of nitrogens with zero attached hydrogens (tertiary/aromatic N) is 1. The lowest BCUT2D eigenvalue weighted by atomic mass is 10.1. The highest BCUT2D eigenvalue weighted by atomic mass is 16.6. The van der Waals surface area contributed by atoms with E-state index >= 15 is 0 Å². The van der Waals surface area contributed by atoms with Gasteiger partial charge in [-0.1, -0.05) is 6.07 Å². The van der Waals surface area contributed by atoms with Crippen molar-refractivity contribution in [3.63, 3.8) is 0 Å². The molecule has 1 amide bonds. The highest BCUT2D eigenvalue weighted by Gasteiger charge is 2.22. The van der Waals surface area contributed by atoms with E-state index in [4.69, 9.17) is 11.2 Å². The Hall–Kier alpha value is -2.55. The summed E-state index contributed by atoms with van der Waals surface area (Å²) in [5.74, 6) is 1.93. The summed E-state index contributed by atoms with van der Waals surface area (Å²) in [5, 5.41) is 13.5. The summed E-state index contributed by atoms with van der Waals surface area (Å²) >= 11 is 0. The van der Waals surface area contributed by atoms with Gasteiger partial charge in [0.05, 0.1) is 17.1 Å². The number of benzene rings is 1. The molecule has 0 aliphatic heterocycles. The predicted octanol–water partition coefficient (Wildman–Crippen LogP) is 1.75. The van der Waals surface area contributed by atoms with Gasteiger partial charge in [-0.15, -0.1) is 12.3 Å². The Morgan fingerprint density at radius 1 is 1.58 bits per heavy atom. The molecule has 0 aromatic heterocycles. The number of nitrogens with one attached hydrogen (secondary N) is 1. The van der Waals surface area contributed by atoms with Crippen molar-refractivity contribution < 1.29 is 14.5 Å². The molecule has 1 rings (SSSR count). The average Bonchev–Trinajstić information content (AvgIpc) is 2.39. The third-order valence-corrected chi connectivity index (χ3v) is 2.28. The van der Waals surface area contributed by atoms with Crippen LogP contribution in [0.2, 0.25) is 0 Å². The maximum atomic E-state index is 11.9. The fourth-order valence-corrected chi connectivity index (χ4v) is 1.49. The molecule has 19 heavy (non-hydrogen) atoms. The number of nitro benzene ring substituents is 1. The number of hydrogen-bond donors (Lipinski definition) is 1. The van der Waals surface area contributed by atoms with Crippen LogP contribution in [0, 0.1) is 22.5 Å². The van der Waals surface area contributed by atoms with Crippen LogP contribution in [0.3, 0.4) is 0 Å². The fraction of sp³-hybridized carbons (Fsp3) is 0.308. The number of hydrogen-bond acceptors (Lipinski definition) is 4. The van der Waals surface area contributed by atoms with Crippen LogP contribution in [-0.2, 0) is 0 Å². The van der Waals surface area contributed by atoms with Crippen LogP contribution in [0.15, 0.2) is 18.2 Å². The van der Waals surface area contributed by atoms with E-state index in [2.05, 4.69) is 11.2 Å². The number of carbonyl (C=O) groups excluding carboxylic acids is 1. The van der Waals surface area contributed by atoms with Gasteiger partial charge in [0.15, 0.2) is 0 Å². The van der Waals surface area contributed by atoms with Gasteiger partial charge in [0.2, 0.25) is 5.75 Å². The third-order valence-electron chi connectivity index (χ3n) is 2.28. The summed E-state index contributed by atoms with van der Waals surface area (Å²) in [7, 11) is 0. The van der Waals surface area contributed by atoms with Gasteiger partial charge in [-0.2, -0.15) is 0 Å². The van der Waals surface area contributed by atoms with Crippen molar-refractivity contribution >= 4 is 11.6 Å². The molecule has 0 saturated heterocycles. The zero-order valence-corrected chi connectivity index (χ0v) is 10.5. The summed E-state index contributed by atoms with van der Waals surface area (Å²) in [6, 6.07) is 4.21. The van der Waals surface area contributed by atoms with Crippen molar-refractivity contribution in [1.82, 2.24) is 5.32 Å². The summed E-state index contributed by atoms with van der Waals surface area (Å²) in [6.07, 6.45) is 5.47. The standard InChI is InChI=1S/C13H14N2O4/c1-3-5-9-14-13(16)10-7-6-8-11(15(17)18)12(10)19-4-2/h1,6-8H,4-5,9H2,2H3,(H,14,16). The van der Waals surface area contributed by atoms with Crippen molar-refractivity contribution in [2.45, 2.75) is 13.3 Å². The van der Waals surface area contributed by atoms with Crippen molar-refractivity contribution in [1.29, 1.82) is 0 Å². The van der Waals surface area contributed by atoms with Crippen molar-refractivity contribution in [2.75, 3.05) is 13.2 Å². The molecule has 0 bridgehead atoms. The van der Waals surface area contributed by atoms with Crippen LogP contribution in [0.25, 0.3) is 0 Å². The van der Waals surface area contributed by atoms with Crippen LogP contribution >= 0.6 is 0 Å². The number of rotatable bonds is 6. The summed E-state index contributed by atoms with van der Waals surface area (Å²) < 4.78 is 5.21. The van der Waals surface area contributed by atoms with Crippen LogP contribution < -0.4 is 10.1 Å². The molecule has 6 nitrogen and oxygen atoms in total. The van der Waals surface area contributed by atoms with E-state index in [1.54, 1.807) is 6.92 Å². The second-order valence-corrected chi connectivity index (χ2v) is 3.55. The maximum Gasteiger partial charge on any atom is 0.311 e. The van der Waals surface area contributed by atoms with Gasteiger partial charge in [-0.3, -0.25) is 14.9 Å². The Bertz CT molecular complexity index is 520. The molecule has 0 aliphatic carbocycles. The van der Waals surface area contributed by atoms with E-state index in [-0.39, 0.29) is 23.6 Å². The SMILES string of the molecule is C#CCCNC(=O)c1cccc([N+](=O)[O-])c1OCC. The maximum absolute atomic E-state index is 11.9. The lowest BCUT2D eigenvalue weighted by Crippen LogP contribution is -2.25. The van der Waals surface area contributed by atoms with Crippen LogP contribution in [0.1, 0.15) is 23.7 Å². The first kappa shape index (κ1) is 14.5. The highest BCUT2D eigenvalue weighted by Crippen LogP contribution is 2.30. The lowest BCUT2D eigenvalue weighted by molar-refractivity contribution is -0.385. The van der Waals surface area contributed by atoms with Crippen LogP contribution in [0.4, 0.5) is 5.69 Å². The van der Waals surface area contributed by atoms with Gasteiger partial charge in [0.1, 0.15) is 0 Å². The minimum absolute atomic E-state index is 0.0202. The molecule has 0 spiro atoms. The smallest absolute Gasteiger partial charge is 0.311 e. The molecular weight excluding hydrogens is 248 g/mol. The van der Waals surface area contributed by atoms with Crippen molar-refractivity contribution in [2.24, 2.45) is 0 Å². The Morgan fingerprint density at radius 2 is 2.32 bits per heavy atom. The van der Waals surface area contributed by atoms with Crippen molar-refractivity contribution in [3.05, 3.63) is 33.9 Å². The van der Waals surface area contributed by atoms with E-state index in [0.717, 1.165) is 0 Å². The van der Waals surface area contributed by atoms with E-state index in [0.29, 0.717) is 13.0 Å². The van der Waals surface area contributed by atoms with Gasteiger partial charge in [-0.25, -0.2) is 0 Å². The minimum Gasteiger partial charge on any atom is -0.487 e. The summed E-state index contributed by atoms with van der Waals surface area (Å²) in [4.78, 5) is 22.2. The van der Waals surface area contributed by atoms with E-state index in [1.165, 1.54) is 18.2 Å². The molecule has 0 fully saturated rings. The molecule has 0 heterocycles. The van der Waals surface area contributed by atoms with E-state index in [9.17, 15) is 14.9 Å². The first-order chi connectivity index (χ1) is 9.11. The second kappa shape index (κ2) is 7.01. The zero-order chi connectivity index (χ0) is 14.3. The molecule has 0 saturated carbocycles. The minimum atomic E-state index is -0.580. The molecule has 0 radical (unpaired) electrons. The monoisotopic (exact) mass is 262 g/mol. The molecule has 0 unspecified atom stereocenters. The largest absolute Gasteiger partial charge is 0.487 e. The van der Waals surface area contributed by atoms with Crippen molar-refractivity contribution in [3.8, 4) is 18.1 Å². The van der Waals surface area contributed by atoms with Gasteiger partial charge in [0, 0.05) is 19.0 Å². The van der Waals surface area contributed by atoms with Gasteiger partial charge < -0.3 is 10.1 Å². The highest BCUT2D eigenvalue weighted by molar-refractivity contribution is 5.98. The van der Waals surface area contributed by atoms with Crippen LogP contribution in [-0.4, -0.2) is 24.0 Å². The first-order valence-electron chi connectivity index (χ1n) is 5.73. The average molecular weight is 262 g/mol. The Labute approximate surface area is 110 Å².